The minimum absolute atomic E-state index is 0.0653. The SMILES string of the molecule is COc1ccc(C(=O)/C=C/c2ccccc2Cl)cc1O. The molecule has 20 heavy (non-hydrogen) atoms. The summed E-state index contributed by atoms with van der Waals surface area (Å²) in [6, 6.07) is 11.8. The van der Waals surface area contributed by atoms with Gasteiger partial charge in [-0.05, 0) is 42.0 Å². The van der Waals surface area contributed by atoms with Gasteiger partial charge in [0.15, 0.2) is 17.3 Å². The molecule has 3 nitrogen and oxygen atoms in total. The predicted octanol–water partition coefficient (Wildman–Crippen LogP) is 3.95. The van der Waals surface area contributed by atoms with Gasteiger partial charge in [-0.3, -0.25) is 4.79 Å². The minimum Gasteiger partial charge on any atom is -0.504 e. The van der Waals surface area contributed by atoms with Crippen LogP contribution in [0.1, 0.15) is 15.9 Å². The van der Waals surface area contributed by atoms with Crippen molar-refractivity contribution >= 4 is 23.5 Å². The number of ether oxygens (including phenoxy) is 1. The lowest BCUT2D eigenvalue weighted by Gasteiger charge is -2.04. The normalized spacial score (nSPS) is 10.7. The van der Waals surface area contributed by atoms with Crippen LogP contribution in [0.5, 0.6) is 11.5 Å². The molecule has 0 heterocycles. The maximum atomic E-state index is 12.0. The first-order valence-corrected chi connectivity index (χ1v) is 6.33. The number of aromatic hydroxyl groups is 1. The van der Waals surface area contributed by atoms with E-state index in [1.807, 2.05) is 18.2 Å². The Labute approximate surface area is 122 Å². The highest BCUT2D eigenvalue weighted by Gasteiger charge is 2.07. The van der Waals surface area contributed by atoms with Gasteiger partial charge in [0.2, 0.25) is 0 Å². The molecule has 0 bridgehead atoms. The van der Waals surface area contributed by atoms with Crippen molar-refractivity contribution in [2.75, 3.05) is 7.11 Å². The zero-order valence-electron chi connectivity index (χ0n) is 10.8. The molecule has 0 saturated heterocycles. The molecule has 0 atom stereocenters. The summed E-state index contributed by atoms with van der Waals surface area (Å²) in [6.07, 6.45) is 3.06. The highest BCUT2D eigenvalue weighted by molar-refractivity contribution is 6.32. The summed E-state index contributed by atoms with van der Waals surface area (Å²) in [4.78, 5) is 12.0. The molecule has 2 aromatic rings. The number of benzene rings is 2. The molecule has 102 valence electrons. The van der Waals surface area contributed by atoms with Gasteiger partial charge in [0.1, 0.15) is 0 Å². The molecular weight excluding hydrogens is 276 g/mol. The molecule has 4 heteroatoms. The lowest BCUT2D eigenvalue weighted by atomic mass is 10.1. The summed E-state index contributed by atoms with van der Waals surface area (Å²) in [5.41, 5.74) is 1.15. The summed E-state index contributed by atoms with van der Waals surface area (Å²) in [7, 11) is 1.45. The van der Waals surface area contributed by atoms with Gasteiger partial charge in [0.05, 0.1) is 7.11 Å². The monoisotopic (exact) mass is 288 g/mol. The molecule has 0 spiro atoms. The van der Waals surface area contributed by atoms with E-state index >= 15 is 0 Å². The van der Waals surface area contributed by atoms with Crippen molar-refractivity contribution in [3.8, 4) is 11.5 Å². The number of carbonyl (C=O) groups is 1. The Morgan fingerprint density at radius 2 is 2.00 bits per heavy atom. The molecule has 2 rings (SSSR count). The number of halogens is 1. The number of ketones is 1. The van der Waals surface area contributed by atoms with Gasteiger partial charge >= 0.3 is 0 Å². The Morgan fingerprint density at radius 1 is 1.25 bits per heavy atom. The number of hydrogen-bond donors (Lipinski definition) is 1. The molecular formula is C16H13ClO3. The Balaban J connectivity index is 2.20. The van der Waals surface area contributed by atoms with E-state index < -0.39 is 0 Å². The van der Waals surface area contributed by atoms with Gasteiger partial charge in [-0.25, -0.2) is 0 Å². The Morgan fingerprint density at radius 3 is 2.65 bits per heavy atom. The van der Waals surface area contributed by atoms with Crippen molar-refractivity contribution < 1.29 is 14.6 Å². The van der Waals surface area contributed by atoms with Crippen LogP contribution in [0.25, 0.3) is 6.08 Å². The zero-order chi connectivity index (χ0) is 14.5. The number of phenolic OH excluding ortho intramolecular Hbond substituents is 1. The molecule has 0 aliphatic carbocycles. The van der Waals surface area contributed by atoms with Gasteiger partial charge in [-0.1, -0.05) is 29.8 Å². The first-order valence-electron chi connectivity index (χ1n) is 5.96. The van der Waals surface area contributed by atoms with Gasteiger partial charge < -0.3 is 9.84 Å². The maximum absolute atomic E-state index is 12.0. The van der Waals surface area contributed by atoms with E-state index in [9.17, 15) is 9.90 Å². The van der Waals surface area contributed by atoms with Gasteiger partial charge in [-0.15, -0.1) is 0 Å². The van der Waals surface area contributed by atoms with E-state index in [4.69, 9.17) is 16.3 Å². The van der Waals surface area contributed by atoms with Crippen LogP contribution in [0.4, 0.5) is 0 Å². The zero-order valence-corrected chi connectivity index (χ0v) is 11.6. The summed E-state index contributed by atoms with van der Waals surface area (Å²) in [5.74, 6) is 0.0454. The Kier molecular flexibility index (Phi) is 4.43. The van der Waals surface area contributed by atoms with Crippen LogP contribution in [-0.2, 0) is 0 Å². The Hall–Kier alpha value is -2.26. The van der Waals surface area contributed by atoms with Crippen LogP contribution < -0.4 is 4.74 Å². The summed E-state index contributed by atoms with van der Waals surface area (Å²) < 4.78 is 4.93. The van der Waals surface area contributed by atoms with E-state index in [1.165, 1.54) is 19.3 Å². The second kappa shape index (κ2) is 6.26. The van der Waals surface area contributed by atoms with Crippen LogP contribution in [0.2, 0.25) is 5.02 Å². The fourth-order valence-corrected chi connectivity index (χ4v) is 1.91. The predicted molar refractivity (Wildman–Crippen MR) is 79.5 cm³/mol. The number of rotatable bonds is 4. The van der Waals surface area contributed by atoms with Crippen LogP contribution in [0.3, 0.4) is 0 Å². The molecule has 0 aromatic heterocycles. The average Bonchev–Trinajstić information content (AvgIpc) is 2.46. The van der Waals surface area contributed by atoms with Crippen molar-refractivity contribution in [1.82, 2.24) is 0 Å². The van der Waals surface area contributed by atoms with Gasteiger partial charge in [0.25, 0.3) is 0 Å². The third-order valence-electron chi connectivity index (χ3n) is 2.78. The minimum atomic E-state index is -0.220. The van der Waals surface area contributed by atoms with E-state index in [2.05, 4.69) is 0 Å². The fourth-order valence-electron chi connectivity index (χ4n) is 1.72. The van der Waals surface area contributed by atoms with E-state index in [0.29, 0.717) is 16.3 Å². The number of hydrogen-bond acceptors (Lipinski definition) is 3. The van der Waals surface area contributed by atoms with Gasteiger partial charge in [0, 0.05) is 10.6 Å². The highest BCUT2D eigenvalue weighted by atomic mass is 35.5. The summed E-state index contributed by atoms with van der Waals surface area (Å²) >= 11 is 6.00. The van der Waals surface area contributed by atoms with Crippen molar-refractivity contribution in [3.63, 3.8) is 0 Å². The van der Waals surface area contributed by atoms with Crippen molar-refractivity contribution in [3.05, 3.63) is 64.7 Å². The number of carbonyl (C=O) groups excluding carboxylic acids is 1. The highest BCUT2D eigenvalue weighted by Crippen LogP contribution is 2.26. The average molecular weight is 289 g/mol. The maximum Gasteiger partial charge on any atom is 0.185 e. The molecule has 0 unspecified atom stereocenters. The molecule has 0 saturated carbocycles. The topological polar surface area (TPSA) is 46.5 Å². The first kappa shape index (κ1) is 14.2. The van der Waals surface area contributed by atoms with Crippen molar-refractivity contribution in [2.45, 2.75) is 0 Å². The molecule has 0 aliphatic rings. The van der Waals surface area contributed by atoms with E-state index in [-0.39, 0.29) is 11.5 Å². The van der Waals surface area contributed by atoms with Crippen LogP contribution >= 0.6 is 11.6 Å². The largest absolute Gasteiger partial charge is 0.504 e. The van der Waals surface area contributed by atoms with E-state index in [1.54, 1.807) is 24.3 Å². The number of allylic oxidation sites excluding steroid dienone is 1. The van der Waals surface area contributed by atoms with Crippen molar-refractivity contribution in [1.29, 1.82) is 0 Å². The molecule has 0 aliphatic heterocycles. The summed E-state index contributed by atoms with van der Waals surface area (Å²) in [5, 5.41) is 10.2. The smallest absolute Gasteiger partial charge is 0.185 e. The van der Waals surface area contributed by atoms with Crippen LogP contribution in [0, 0.1) is 0 Å². The molecule has 1 N–H and O–H groups in total. The fraction of sp³-hybridized carbons (Fsp3) is 0.0625. The molecule has 0 amide bonds. The molecule has 2 aromatic carbocycles. The number of methoxy groups -OCH3 is 1. The van der Waals surface area contributed by atoms with Crippen molar-refractivity contribution in [2.24, 2.45) is 0 Å². The second-order valence-corrected chi connectivity index (χ2v) is 4.51. The van der Waals surface area contributed by atoms with E-state index in [0.717, 1.165) is 5.56 Å². The second-order valence-electron chi connectivity index (χ2n) is 4.11. The third-order valence-corrected chi connectivity index (χ3v) is 3.13. The summed E-state index contributed by atoms with van der Waals surface area (Å²) in [6.45, 7) is 0. The number of phenols is 1. The van der Waals surface area contributed by atoms with Crippen LogP contribution in [0.15, 0.2) is 48.5 Å². The molecule has 0 fully saturated rings. The first-order chi connectivity index (χ1) is 9.61. The van der Waals surface area contributed by atoms with Crippen LogP contribution in [-0.4, -0.2) is 18.0 Å². The van der Waals surface area contributed by atoms with Gasteiger partial charge in [-0.2, -0.15) is 0 Å². The standard InChI is InChI=1S/C16H13ClO3/c1-20-16-9-7-12(10-15(16)19)14(18)8-6-11-4-2-3-5-13(11)17/h2-10,19H,1H3/b8-6+. The lowest BCUT2D eigenvalue weighted by molar-refractivity contribution is 0.104. The third kappa shape index (κ3) is 3.19. The lowest BCUT2D eigenvalue weighted by Crippen LogP contribution is -1.94. The Bertz CT molecular complexity index is 663. The quantitative estimate of drug-likeness (QED) is 0.684. The molecule has 0 radical (unpaired) electrons.